The molecule has 1 unspecified atom stereocenters. The largest absolute Gasteiger partial charge is 0.467 e. The van der Waals surface area contributed by atoms with E-state index in [1.165, 1.54) is 0 Å². The number of carbonyl (C=O) groups is 1. The molecule has 2 N–H and O–H groups in total. The van der Waals surface area contributed by atoms with Gasteiger partial charge in [-0.2, -0.15) is 0 Å². The average Bonchev–Trinajstić information content (AvgIpc) is 2.79. The van der Waals surface area contributed by atoms with E-state index in [1.807, 2.05) is 12.1 Å². The lowest BCUT2D eigenvalue weighted by molar-refractivity contribution is -0.120. The molecule has 0 spiro atoms. The predicted molar refractivity (Wildman–Crippen MR) is 62.9 cm³/mol. The lowest BCUT2D eigenvalue weighted by atomic mass is 10.1. The molecule has 4 nitrogen and oxygen atoms in total. The Bertz CT molecular complexity index is 296. The van der Waals surface area contributed by atoms with Crippen LogP contribution >= 0.6 is 0 Å². The van der Waals surface area contributed by atoms with E-state index in [0.29, 0.717) is 19.0 Å². The first-order valence-electron chi connectivity index (χ1n) is 5.72. The van der Waals surface area contributed by atoms with Gasteiger partial charge in [-0.25, -0.2) is 0 Å². The van der Waals surface area contributed by atoms with Crippen LogP contribution in [-0.2, 0) is 11.3 Å². The first kappa shape index (κ1) is 12.8. The van der Waals surface area contributed by atoms with Gasteiger partial charge in [0.1, 0.15) is 5.76 Å². The fourth-order valence-corrected chi connectivity index (χ4v) is 1.24. The second-order valence-electron chi connectivity index (χ2n) is 4.00. The number of carbonyl (C=O) groups excluding carboxylic acids is 1. The van der Waals surface area contributed by atoms with Gasteiger partial charge < -0.3 is 15.1 Å². The molecule has 0 aliphatic carbocycles. The predicted octanol–water partition coefficient (Wildman–Crippen LogP) is 1.53. The van der Waals surface area contributed by atoms with E-state index in [9.17, 15) is 4.79 Å². The van der Waals surface area contributed by atoms with Crippen LogP contribution in [0.1, 0.15) is 26.0 Å². The van der Waals surface area contributed by atoms with E-state index < -0.39 is 0 Å². The first-order chi connectivity index (χ1) is 7.72. The Hall–Kier alpha value is -1.29. The van der Waals surface area contributed by atoms with Crippen LogP contribution in [0.2, 0.25) is 0 Å². The van der Waals surface area contributed by atoms with Crippen molar-refractivity contribution in [1.29, 1.82) is 0 Å². The molecule has 0 aliphatic rings. The van der Waals surface area contributed by atoms with Crippen molar-refractivity contribution in [3.8, 4) is 0 Å². The van der Waals surface area contributed by atoms with Crippen LogP contribution in [-0.4, -0.2) is 19.0 Å². The lowest BCUT2D eigenvalue weighted by Gasteiger charge is -2.09. The summed E-state index contributed by atoms with van der Waals surface area (Å²) in [4.78, 5) is 11.4. The lowest BCUT2D eigenvalue weighted by Crippen LogP contribution is -2.35. The minimum absolute atomic E-state index is 0.000275. The van der Waals surface area contributed by atoms with Crippen molar-refractivity contribution < 1.29 is 9.21 Å². The Kier molecular flexibility index (Phi) is 5.64. The average molecular weight is 224 g/mol. The van der Waals surface area contributed by atoms with Crippen LogP contribution in [0, 0.1) is 5.92 Å². The highest BCUT2D eigenvalue weighted by Crippen LogP contribution is 1.98. The SMILES string of the molecule is CCC(C)CNCC(=O)NCc1ccco1. The van der Waals surface area contributed by atoms with Crippen LogP contribution in [0.5, 0.6) is 0 Å². The van der Waals surface area contributed by atoms with Crippen molar-refractivity contribution >= 4 is 5.91 Å². The maximum absolute atomic E-state index is 11.4. The summed E-state index contributed by atoms with van der Waals surface area (Å²) in [6.07, 6.45) is 2.73. The normalized spacial score (nSPS) is 12.4. The maximum atomic E-state index is 11.4. The third-order valence-electron chi connectivity index (χ3n) is 2.52. The summed E-state index contributed by atoms with van der Waals surface area (Å²) in [6, 6.07) is 3.65. The fourth-order valence-electron chi connectivity index (χ4n) is 1.24. The van der Waals surface area contributed by atoms with E-state index >= 15 is 0 Å². The zero-order valence-corrected chi connectivity index (χ0v) is 9.95. The summed E-state index contributed by atoms with van der Waals surface area (Å²) < 4.78 is 5.11. The van der Waals surface area contributed by atoms with Gasteiger partial charge in [0.15, 0.2) is 0 Å². The van der Waals surface area contributed by atoms with Crippen LogP contribution < -0.4 is 10.6 Å². The molecular formula is C12H20N2O2. The number of amides is 1. The van der Waals surface area contributed by atoms with Gasteiger partial charge >= 0.3 is 0 Å². The summed E-state index contributed by atoms with van der Waals surface area (Å²) in [5.74, 6) is 1.38. The summed E-state index contributed by atoms with van der Waals surface area (Å²) >= 11 is 0. The van der Waals surface area contributed by atoms with E-state index in [1.54, 1.807) is 6.26 Å². The first-order valence-corrected chi connectivity index (χ1v) is 5.72. The molecule has 0 bridgehead atoms. The van der Waals surface area contributed by atoms with Gasteiger partial charge in [-0.3, -0.25) is 4.79 Å². The zero-order chi connectivity index (χ0) is 11.8. The van der Waals surface area contributed by atoms with Gasteiger partial charge in [-0.1, -0.05) is 20.3 Å². The summed E-state index contributed by atoms with van der Waals surface area (Å²) in [6.45, 7) is 6.00. The van der Waals surface area contributed by atoms with Gasteiger partial charge in [0.25, 0.3) is 0 Å². The van der Waals surface area contributed by atoms with Crippen molar-refractivity contribution in [2.75, 3.05) is 13.1 Å². The Morgan fingerprint density at radius 3 is 3.00 bits per heavy atom. The van der Waals surface area contributed by atoms with E-state index in [2.05, 4.69) is 24.5 Å². The second-order valence-corrected chi connectivity index (χ2v) is 4.00. The van der Waals surface area contributed by atoms with Gasteiger partial charge in [-0.05, 0) is 24.6 Å². The molecule has 1 aromatic heterocycles. The Labute approximate surface area is 96.4 Å². The number of nitrogens with one attached hydrogen (secondary N) is 2. The monoisotopic (exact) mass is 224 g/mol. The molecule has 4 heteroatoms. The van der Waals surface area contributed by atoms with Gasteiger partial charge in [-0.15, -0.1) is 0 Å². The number of hydrogen-bond acceptors (Lipinski definition) is 3. The highest BCUT2D eigenvalue weighted by atomic mass is 16.3. The molecule has 1 heterocycles. The topological polar surface area (TPSA) is 54.3 Å². The van der Waals surface area contributed by atoms with Crippen LogP contribution in [0.25, 0.3) is 0 Å². The fraction of sp³-hybridized carbons (Fsp3) is 0.583. The molecule has 0 radical (unpaired) electrons. The molecule has 90 valence electrons. The molecule has 0 saturated heterocycles. The van der Waals surface area contributed by atoms with Crippen LogP contribution in [0.3, 0.4) is 0 Å². The highest BCUT2D eigenvalue weighted by molar-refractivity contribution is 5.77. The molecule has 16 heavy (non-hydrogen) atoms. The third-order valence-corrected chi connectivity index (χ3v) is 2.52. The number of hydrogen-bond donors (Lipinski definition) is 2. The standard InChI is InChI=1S/C12H20N2O2/c1-3-10(2)7-13-9-12(15)14-8-11-5-4-6-16-11/h4-6,10,13H,3,7-9H2,1-2H3,(H,14,15). The Morgan fingerprint density at radius 2 is 2.38 bits per heavy atom. The zero-order valence-electron chi connectivity index (χ0n) is 9.95. The van der Waals surface area contributed by atoms with E-state index in [4.69, 9.17) is 4.42 Å². The minimum Gasteiger partial charge on any atom is -0.467 e. The summed E-state index contributed by atoms with van der Waals surface area (Å²) in [5, 5.41) is 5.90. The quantitative estimate of drug-likeness (QED) is 0.738. The molecule has 0 saturated carbocycles. The second kappa shape index (κ2) is 7.06. The van der Waals surface area contributed by atoms with Crippen molar-refractivity contribution in [3.63, 3.8) is 0 Å². The summed E-state index contributed by atoms with van der Waals surface area (Å²) in [7, 11) is 0. The number of furan rings is 1. The van der Waals surface area contributed by atoms with Crippen molar-refractivity contribution in [1.82, 2.24) is 10.6 Å². The van der Waals surface area contributed by atoms with E-state index in [-0.39, 0.29) is 5.91 Å². The highest BCUT2D eigenvalue weighted by Gasteiger charge is 2.03. The number of rotatable bonds is 7. The van der Waals surface area contributed by atoms with Crippen LogP contribution in [0.15, 0.2) is 22.8 Å². The van der Waals surface area contributed by atoms with Crippen LogP contribution in [0.4, 0.5) is 0 Å². The molecular weight excluding hydrogens is 204 g/mol. The Balaban J connectivity index is 2.07. The van der Waals surface area contributed by atoms with Crippen molar-refractivity contribution in [2.24, 2.45) is 5.92 Å². The summed E-state index contributed by atoms with van der Waals surface area (Å²) in [5.41, 5.74) is 0. The maximum Gasteiger partial charge on any atom is 0.234 e. The molecule has 0 aromatic carbocycles. The molecule has 1 rings (SSSR count). The van der Waals surface area contributed by atoms with Crippen molar-refractivity contribution in [2.45, 2.75) is 26.8 Å². The van der Waals surface area contributed by atoms with Gasteiger partial charge in [0, 0.05) is 0 Å². The van der Waals surface area contributed by atoms with E-state index in [0.717, 1.165) is 18.7 Å². The molecule has 0 aliphatic heterocycles. The third kappa shape index (κ3) is 4.98. The molecule has 1 amide bonds. The molecule has 1 atom stereocenters. The Morgan fingerprint density at radius 1 is 1.56 bits per heavy atom. The smallest absolute Gasteiger partial charge is 0.234 e. The van der Waals surface area contributed by atoms with Crippen molar-refractivity contribution in [3.05, 3.63) is 24.2 Å². The minimum atomic E-state index is -0.000275. The van der Waals surface area contributed by atoms with Gasteiger partial charge in [0.2, 0.25) is 5.91 Å². The molecule has 1 aromatic rings. The van der Waals surface area contributed by atoms with Gasteiger partial charge in [0.05, 0.1) is 19.4 Å². The molecule has 0 fully saturated rings.